The number of hydrogen-bond donors (Lipinski definition) is 2. The van der Waals surface area contributed by atoms with Gasteiger partial charge in [-0.25, -0.2) is 0 Å². The number of anilines is 1. The topological polar surface area (TPSA) is 75.4 Å². The maximum atomic E-state index is 9.02. The molecular formula is C10H10N4S. The largest absolute Gasteiger partial charge is 0.374 e. The quantitative estimate of drug-likeness (QED) is 0.745. The van der Waals surface area contributed by atoms with Crippen LogP contribution in [0.5, 0.6) is 0 Å². The van der Waals surface area contributed by atoms with Crippen LogP contribution in [0.2, 0.25) is 0 Å². The lowest BCUT2D eigenvalue weighted by molar-refractivity contribution is 1.08. The molecule has 1 aromatic rings. The number of aromatic nitrogens is 1. The summed E-state index contributed by atoms with van der Waals surface area (Å²) in [6.45, 7) is 1.89. The van der Waals surface area contributed by atoms with Crippen molar-refractivity contribution in [3.8, 4) is 12.1 Å². The summed E-state index contributed by atoms with van der Waals surface area (Å²) in [5.41, 5.74) is 1.56. The first-order valence-corrected chi connectivity index (χ1v) is 4.87. The molecule has 0 aliphatic carbocycles. The van der Waals surface area contributed by atoms with E-state index in [-0.39, 0.29) is 0 Å². The minimum Gasteiger partial charge on any atom is -0.374 e. The van der Waals surface area contributed by atoms with Crippen molar-refractivity contribution in [1.29, 1.82) is 10.5 Å². The number of aromatic amines is 1. The van der Waals surface area contributed by atoms with Gasteiger partial charge in [-0.1, -0.05) is 19.1 Å². The first-order chi connectivity index (χ1) is 7.19. The first kappa shape index (κ1) is 11.2. The highest BCUT2D eigenvalue weighted by molar-refractivity contribution is 7.71. The summed E-state index contributed by atoms with van der Waals surface area (Å²) in [6, 6.07) is 4.10. The maximum absolute atomic E-state index is 9.02. The van der Waals surface area contributed by atoms with Crippen molar-refractivity contribution in [1.82, 2.24) is 4.98 Å². The molecule has 2 N–H and O–H groups in total. The number of H-pyrrole nitrogens is 1. The summed E-state index contributed by atoms with van der Waals surface area (Å²) in [5, 5.41) is 20.8. The van der Waals surface area contributed by atoms with Gasteiger partial charge in [0, 0.05) is 7.05 Å². The number of nitrogens with one attached hydrogen (secondary N) is 2. The van der Waals surface area contributed by atoms with Crippen LogP contribution in [0.3, 0.4) is 0 Å². The highest BCUT2D eigenvalue weighted by Gasteiger charge is 2.13. The van der Waals surface area contributed by atoms with Crippen molar-refractivity contribution in [3.05, 3.63) is 21.3 Å². The molecule has 0 saturated carbocycles. The van der Waals surface area contributed by atoms with Crippen molar-refractivity contribution < 1.29 is 0 Å². The normalized spacial score (nSPS) is 9.07. The zero-order chi connectivity index (χ0) is 11.4. The fraction of sp³-hybridized carbons (Fsp3) is 0.300. The van der Waals surface area contributed by atoms with Gasteiger partial charge in [-0.15, -0.1) is 0 Å². The first-order valence-electron chi connectivity index (χ1n) is 4.46. The van der Waals surface area contributed by atoms with E-state index in [1.165, 1.54) is 0 Å². The van der Waals surface area contributed by atoms with E-state index in [0.29, 0.717) is 33.6 Å². The van der Waals surface area contributed by atoms with Gasteiger partial charge in [0.05, 0.1) is 11.1 Å². The molecule has 1 heterocycles. The number of hydrogen-bond acceptors (Lipinski definition) is 4. The Hall–Kier alpha value is -1.85. The molecule has 0 bridgehead atoms. The molecular weight excluding hydrogens is 208 g/mol. The fourth-order valence-corrected chi connectivity index (χ4v) is 1.71. The molecule has 0 fully saturated rings. The second-order valence-corrected chi connectivity index (χ2v) is 3.29. The van der Waals surface area contributed by atoms with Gasteiger partial charge in [-0.2, -0.15) is 10.5 Å². The van der Waals surface area contributed by atoms with Crippen molar-refractivity contribution >= 4 is 18.0 Å². The smallest absolute Gasteiger partial charge is 0.123 e. The third-order valence-electron chi connectivity index (χ3n) is 2.15. The van der Waals surface area contributed by atoms with Crippen molar-refractivity contribution in [3.63, 3.8) is 0 Å². The van der Waals surface area contributed by atoms with E-state index in [1.54, 1.807) is 7.05 Å². The van der Waals surface area contributed by atoms with Crippen LogP contribution in [-0.4, -0.2) is 12.0 Å². The van der Waals surface area contributed by atoms with Gasteiger partial charge < -0.3 is 10.3 Å². The predicted octanol–water partition coefficient (Wildman–Crippen LogP) is 2.09. The molecule has 0 aromatic carbocycles. The molecule has 0 saturated heterocycles. The SMILES string of the molecule is CCc1c(C#N)c(NC)[nH]c(=S)c1C#N. The van der Waals surface area contributed by atoms with E-state index in [0.717, 1.165) is 0 Å². The molecule has 76 valence electrons. The molecule has 0 unspecified atom stereocenters. The van der Waals surface area contributed by atoms with Crippen LogP contribution in [0, 0.1) is 27.3 Å². The Balaban J connectivity index is 3.71. The van der Waals surface area contributed by atoms with Crippen LogP contribution in [-0.2, 0) is 6.42 Å². The molecule has 5 heteroatoms. The molecule has 1 rings (SSSR count). The zero-order valence-electron chi connectivity index (χ0n) is 8.51. The Morgan fingerprint density at radius 2 is 1.93 bits per heavy atom. The lowest BCUT2D eigenvalue weighted by atomic mass is 10.0. The van der Waals surface area contributed by atoms with E-state index in [2.05, 4.69) is 16.4 Å². The predicted molar refractivity (Wildman–Crippen MR) is 60.0 cm³/mol. The van der Waals surface area contributed by atoms with Crippen LogP contribution in [0.4, 0.5) is 5.82 Å². The molecule has 15 heavy (non-hydrogen) atoms. The van der Waals surface area contributed by atoms with Crippen molar-refractivity contribution in [2.24, 2.45) is 0 Å². The number of nitrogens with zero attached hydrogens (tertiary/aromatic N) is 2. The molecule has 0 aliphatic rings. The second kappa shape index (κ2) is 4.59. The standard InChI is InChI=1S/C10H10N4S/c1-3-6-7(4-11)9(13-2)14-10(15)8(6)5-12/h3H2,1-2H3,(H2,13,14,15). The average molecular weight is 218 g/mol. The van der Waals surface area contributed by atoms with Crippen LogP contribution >= 0.6 is 12.2 Å². The lowest BCUT2D eigenvalue weighted by Crippen LogP contribution is -2.03. The van der Waals surface area contributed by atoms with Crippen LogP contribution in [0.25, 0.3) is 0 Å². The third kappa shape index (κ3) is 1.83. The van der Waals surface area contributed by atoms with Gasteiger partial charge >= 0.3 is 0 Å². The van der Waals surface area contributed by atoms with Gasteiger partial charge in [-0.3, -0.25) is 0 Å². The Bertz CT molecular complexity index is 516. The van der Waals surface area contributed by atoms with Crippen molar-refractivity contribution in [2.45, 2.75) is 13.3 Å². The molecule has 1 aromatic heterocycles. The Kier molecular flexibility index (Phi) is 3.43. The van der Waals surface area contributed by atoms with E-state index in [9.17, 15) is 0 Å². The maximum Gasteiger partial charge on any atom is 0.123 e. The monoisotopic (exact) mass is 218 g/mol. The van der Waals surface area contributed by atoms with E-state index >= 15 is 0 Å². The second-order valence-electron chi connectivity index (χ2n) is 2.88. The number of pyridine rings is 1. The summed E-state index contributed by atoms with van der Waals surface area (Å²) in [6.07, 6.45) is 0.610. The third-order valence-corrected chi connectivity index (χ3v) is 2.45. The minimum atomic E-state index is 0.373. The summed E-state index contributed by atoms with van der Waals surface area (Å²) in [4.78, 5) is 2.83. The van der Waals surface area contributed by atoms with E-state index < -0.39 is 0 Å². The zero-order valence-corrected chi connectivity index (χ0v) is 9.33. The van der Waals surface area contributed by atoms with Gasteiger partial charge in [0.25, 0.3) is 0 Å². The molecule has 4 nitrogen and oxygen atoms in total. The fourth-order valence-electron chi connectivity index (χ4n) is 1.43. The van der Waals surface area contributed by atoms with Gasteiger partial charge in [0.2, 0.25) is 0 Å². The van der Waals surface area contributed by atoms with Gasteiger partial charge in [-0.05, 0) is 12.0 Å². The van der Waals surface area contributed by atoms with Crippen LogP contribution < -0.4 is 5.32 Å². The number of nitriles is 2. The lowest BCUT2D eigenvalue weighted by Gasteiger charge is -2.09. The van der Waals surface area contributed by atoms with Crippen LogP contribution in [0.15, 0.2) is 0 Å². The molecule has 0 amide bonds. The van der Waals surface area contributed by atoms with Crippen LogP contribution in [0.1, 0.15) is 23.6 Å². The van der Waals surface area contributed by atoms with E-state index in [4.69, 9.17) is 22.7 Å². The molecule has 0 radical (unpaired) electrons. The average Bonchev–Trinajstić information content (AvgIpc) is 2.27. The van der Waals surface area contributed by atoms with E-state index in [1.807, 2.05) is 13.0 Å². The molecule has 0 spiro atoms. The highest BCUT2D eigenvalue weighted by atomic mass is 32.1. The summed E-state index contributed by atoms with van der Waals surface area (Å²) < 4.78 is 0.373. The van der Waals surface area contributed by atoms with Gasteiger partial charge in [0.15, 0.2) is 0 Å². The Morgan fingerprint density at radius 1 is 1.33 bits per heavy atom. The molecule has 0 atom stereocenters. The summed E-state index contributed by atoms with van der Waals surface area (Å²) in [7, 11) is 1.70. The summed E-state index contributed by atoms with van der Waals surface area (Å²) in [5.74, 6) is 0.568. The highest BCUT2D eigenvalue weighted by Crippen LogP contribution is 2.21. The molecule has 0 aliphatic heterocycles. The van der Waals surface area contributed by atoms with Crippen molar-refractivity contribution in [2.75, 3.05) is 12.4 Å². The Morgan fingerprint density at radius 3 is 2.33 bits per heavy atom. The Labute approximate surface area is 93.2 Å². The number of rotatable bonds is 2. The van der Waals surface area contributed by atoms with Gasteiger partial charge in [0.1, 0.15) is 22.6 Å². The summed E-state index contributed by atoms with van der Waals surface area (Å²) >= 11 is 5.04. The minimum absolute atomic E-state index is 0.373.